The van der Waals surface area contributed by atoms with Gasteiger partial charge in [0.15, 0.2) is 9.62 Å². The van der Waals surface area contributed by atoms with E-state index in [9.17, 15) is 19.5 Å². The third kappa shape index (κ3) is 3.67. The number of fused-ring (bicyclic) bond motifs is 1. The van der Waals surface area contributed by atoms with E-state index in [4.69, 9.17) is 9.62 Å². The smallest absolute Gasteiger partial charge is 0.325 e. The van der Waals surface area contributed by atoms with Gasteiger partial charge >= 0.3 is 5.97 Å². The number of carboxylic acid groups (broad SMARTS) is 1. The van der Waals surface area contributed by atoms with E-state index in [1.807, 2.05) is 30.3 Å². The summed E-state index contributed by atoms with van der Waals surface area (Å²) in [5.41, 5.74) is 0.710. The Kier molecular flexibility index (Phi) is 5.81. The van der Waals surface area contributed by atoms with Crippen LogP contribution in [-0.4, -0.2) is 65.7 Å². The van der Waals surface area contributed by atoms with E-state index in [2.05, 4.69) is 15.6 Å². The first-order valence-corrected chi connectivity index (χ1v) is 12.1. The highest BCUT2D eigenvalue weighted by Gasteiger charge is 2.69. The van der Waals surface area contributed by atoms with E-state index >= 15 is 0 Å². The number of benzene rings is 1. The average Bonchev–Trinajstić information content (AvgIpc) is 3.53. The standard InChI is InChI=1S/C22H19N5O6S2/c28-16(12-24-32)25-22(15-7-4-10-33-15)21(20(30)31,13-26-17(29)11-19(26)35-22)34-18-8-9-23-27(18)14-5-2-1-3-6-14/h1-10,12,19,32H,11,13H2,(H,25,28)(H,30,31)/t19-,21?,22?/m1/s1. The lowest BCUT2D eigenvalue weighted by Gasteiger charge is -2.57. The summed E-state index contributed by atoms with van der Waals surface area (Å²) in [6, 6.07) is 14.0. The molecule has 2 amide bonds. The number of oxime groups is 1. The number of aliphatic carboxylic acids is 1. The van der Waals surface area contributed by atoms with Crippen LogP contribution in [-0.2, 0) is 19.3 Å². The highest BCUT2D eigenvalue weighted by atomic mass is 32.2. The van der Waals surface area contributed by atoms with Crippen molar-refractivity contribution < 1.29 is 29.1 Å². The Balaban J connectivity index is 1.69. The number of nitrogens with one attached hydrogen (secondary N) is 1. The van der Waals surface area contributed by atoms with Gasteiger partial charge in [0.1, 0.15) is 17.0 Å². The van der Waals surface area contributed by atoms with Gasteiger partial charge in [0.05, 0.1) is 36.5 Å². The Morgan fingerprint density at radius 3 is 2.71 bits per heavy atom. The molecule has 1 aromatic carbocycles. The van der Waals surface area contributed by atoms with Gasteiger partial charge in [-0.05, 0) is 30.3 Å². The van der Waals surface area contributed by atoms with Crippen molar-refractivity contribution in [3.05, 3.63) is 66.8 Å². The fourth-order valence-corrected chi connectivity index (χ4v) is 7.50. The summed E-state index contributed by atoms with van der Waals surface area (Å²) < 4.78 is 5.42. The van der Waals surface area contributed by atoms with Crippen molar-refractivity contribution in [3.63, 3.8) is 0 Å². The predicted octanol–water partition coefficient (Wildman–Crippen LogP) is 2.12. The number of nitrogens with zero attached hydrogens (tertiary/aromatic N) is 4. The van der Waals surface area contributed by atoms with Crippen LogP contribution < -0.4 is 5.32 Å². The number of thioether (sulfide) groups is 2. The van der Waals surface area contributed by atoms with Crippen LogP contribution >= 0.6 is 23.5 Å². The number of carboxylic acids is 1. The third-order valence-electron chi connectivity index (χ3n) is 5.87. The van der Waals surface area contributed by atoms with Crippen molar-refractivity contribution >= 4 is 47.5 Å². The number of rotatable bonds is 7. The minimum atomic E-state index is -1.85. The van der Waals surface area contributed by atoms with Gasteiger partial charge in [-0.15, -0.1) is 0 Å². The van der Waals surface area contributed by atoms with Crippen LogP contribution in [0.5, 0.6) is 0 Å². The molecule has 0 aliphatic carbocycles. The molecule has 0 bridgehead atoms. The molecule has 35 heavy (non-hydrogen) atoms. The van der Waals surface area contributed by atoms with E-state index in [1.54, 1.807) is 29.1 Å². The van der Waals surface area contributed by atoms with Crippen LogP contribution in [0.3, 0.4) is 0 Å². The van der Waals surface area contributed by atoms with Gasteiger partial charge in [-0.1, -0.05) is 46.9 Å². The zero-order valence-electron chi connectivity index (χ0n) is 18.0. The number of carbonyl (C=O) groups excluding carboxylic acids is 2. The molecule has 3 atom stereocenters. The van der Waals surface area contributed by atoms with Crippen molar-refractivity contribution in [1.29, 1.82) is 0 Å². The maximum absolute atomic E-state index is 13.2. The summed E-state index contributed by atoms with van der Waals surface area (Å²) in [7, 11) is 0. The number of hydrogen-bond donors (Lipinski definition) is 3. The molecule has 180 valence electrons. The minimum absolute atomic E-state index is 0.179. The molecule has 0 radical (unpaired) electrons. The van der Waals surface area contributed by atoms with Gasteiger partial charge in [0.25, 0.3) is 5.91 Å². The van der Waals surface area contributed by atoms with Crippen LogP contribution in [0.4, 0.5) is 0 Å². The molecule has 2 saturated heterocycles. The van der Waals surface area contributed by atoms with Crippen LogP contribution in [0, 0.1) is 0 Å². The second-order valence-corrected chi connectivity index (χ2v) is 10.6. The van der Waals surface area contributed by atoms with Crippen molar-refractivity contribution in [1.82, 2.24) is 20.0 Å². The molecule has 13 heteroatoms. The van der Waals surface area contributed by atoms with Crippen molar-refractivity contribution in [2.24, 2.45) is 5.16 Å². The maximum Gasteiger partial charge on any atom is 0.325 e. The Morgan fingerprint density at radius 2 is 2.06 bits per heavy atom. The lowest BCUT2D eigenvalue weighted by molar-refractivity contribution is -0.149. The molecular weight excluding hydrogens is 494 g/mol. The van der Waals surface area contributed by atoms with Gasteiger partial charge in [-0.2, -0.15) is 5.10 Å². The molecule has 5 rings (SSSR count). The molecule has 0 spiro atoms. The topological polar surface area (TPSA) is 150 Å². The number of para-hydroxylation sites is 1. The van der Waals surface area contributed by atoms with E-state index < -0.39 is 21.5 Å². The molecule has 2 unspecified atom stereocenters. The summed E-state index contributed by atoms with van der Waals surface area (Å²) in [4.78, 5) is 38.2. The summed E-state index contributed by atoms with van der Waals surface area (Å²) in [5, 5.41) is 29.7. The maximum atomic E-state index is 13.2. The lowest BCUT2D eigenvalue weighted by Crippen LogP contribution is -2.74. The van der Waals surface area contributed by atoms with Gasteiger partial charge in [-0.3, -0.25) is 14.4 Å². The zero-order chi connectivity index (χ0) is 24.6. The molecule has 4 heterocycles. The molecule has 2 aliphatic rings. The normalized spacial score (nSPS) is 25.8. The van der Waals surface area contributed by atoms with E-state index in [0.29, 0.717) is 16.9 Å². The summed E-state index contributed by atoms with van der Waals surface area (Å²) >= 11 is 2.07. The summed E-state index contributed by atoms with van der Waals surface area (Å²) in [5.74, 6) is -2.09. The van der Waals surface area contributed by atoms with Gasteiger partial charge in [0.2, 0.25) is 5.91 Å². The highest BCUT2D eigenvalue weighted by molar-refractivity contribution is 8.05. The SMILES string of the molecule is O=C(C=NO)NC1(c2ccco2)S[C@@H]2CC(=O)N2CC1(Sc1ccnn1-c1ccccc1)C(=O)O. The molecule has 2 aliphatic heterocycles. The number of hydrogen-bond acceptors (Lipinski definition) is 9. The fourth-order valence-electron chi connectivity index (χ4n) is 4.23. The zero-order valence-corrected chi connectivity index (χ0v) is 19.6. The van der Waals surface area contributed by atoms with E-state index in [-0.39, 0.29) is 30.0 Å². The number of carbonyl (C=O) groups is 3. The summed E-state index contributed by atoms with van der Waals surface area (Å²) in [6.45, 7) is -0.208. The largest absolute Gasteiger partial charge is 0.480 e. The van der Waals surface area contributed by atoms with Crippen LogP contribution in [0.1, 0.15) is 12.2 Å². The molecule has 3 N–H and O–H groups in total. The van der Waals surface area contributed by atoms with Gasteiger partial charge < -0.3 is 24.9 Å². The quantitative estimate of drug-likeness (QED) is 0.187. The Bertz CT molecular complexity index is 1300. The second-order valence-electron chi connectivity index (χ2n) is 7.84. The first kappa shape index (κ1) is 23.1. The van der Waals surface area contributed by atoms with Gasteiger partial charge in [0, 0.05) is 0 Å². The van der Waals surface area contributed by atoms with Gasteiger partial charge in [-0.25, -0.2) is 4.68 Å². The number of aromatic nitrogens is 2. The molecule has 2 aromatic heterocycles. The lowest BCUT2D eigenvalue weighted by atomic mass is 9.92. The molecule has 3 aromatic rings. The Morgan fingerprint density at radius 1 is 1.26 bits per heavy atom. The molecule has 0 saturated carbocycles. The van der Waals surface area contributed by atoms with Crippen LogP contribution in [0.15, 0.2) is 75.6 Å². The average molecular weight is 514 g/mol. The second kappa shape index (κ2) is 8.82. The molecular formula is C22H19N5O6S2. The van der Waals surface area contributed by atoms with Crippen LogP contribution in [0.25, 0.3) is 5.69 Å². The van der Waals surface area contributed by atoms with Crippen LogP contribution in [0.2, 0.25) is 0 Å². The Labute approximate surface area is 207 Å². The number of β-lactam (4-membered cyclic amide) rings is 1. The highest BCUT2D eigenvalue weighted by Crippen LogP contribution is 2.60. The third-order valence-corrected chi connectivity index (χ3v) is 9.17. The van der Waals surface area contributed by atoms with Crippen molar-refractivity contribution in [2.45, 2.75) is 26.4 Å². The Hall–Kier alpha value is -3.71. The molecule has 2 fully saturated rings. The van der Waals surface area contributed by atoms with Crippen molar-refractivity contribution in [3.8, 4) is 5.69 Å². The first-order valence-electron chi connectivity index (χ1n) is 10.4. The van der Waals surface area contributed by atoms with E-state index in [0.717, 1.165) is 23.5 Å². The summed E-state index contributed by atoms with van der Waals surface area (Å²) in [6.07, 6.45) is 3.77. The monoisotopic (exact) mass is 513 g/mol. The molecule has 11 nitrogen and oxygen atoms in total. The predicted molar refractivity (Wildman–Crippen MR) is 126 cm³/mol. The number of furan rings is 1. The number of amides is 2. The van der Waals surface area contributed by atoms with Crippen molar-refractivity contribution in [2.75, 3.05) is 6.54 Å². The fraction of sp³-hybridized carbons (Fsp3) is 0.227. The first-order chi connectivity index (χ1) is 16.9. The minimum Gasteiger partial charge on any atom is -0.480 e. The van der Waals surface area contributed by atoms with E-state index in [1.165, 1.54) is 11.2 Å².